The minimum atomic E-state index is -4.34. The van der Waals surface area contributed by atoms with Crippen molar-refractivity contribution in [3.8, 4) is 6.07 Å². The molecule has 1 atom stereocenters. The topological polar surface area (TPSA) is 35.8 Å². The van der Waals surface area contributed by atoms with Gasteiger partial charge in [-0.3, -0.25) is 0 Å². The monoisotopic (exact) mass is 242 g/mol. The lowest BCUT2D eigenvalue weighted by Gasteiger charge is -2.13. The normalized spacial score (nSPS) is 12.9. The van der Waals surface area contributed by atoms with Crippen LogP contribution in [0, 0.1) is 24.2 Å². The molecule has 0 spiro atoms. The smallest absolute Gasteiger partial charge is 0.384 e. The van der Waals surface area contributed by atoms with E-state index in [1.54, 1.807) is 13.8 Å². The number of nitrogens with one attached hydrogen (secondary N) is 1. The maximum Gasteiger partial charge on any atom is 0.416 e. The van der Waals surface area contributed by atoms with Gasteiger partial charge < -0.3 is 5.32 Å². The summed E-state index contributed by atoms with van der Waals surface area (Å²) in [7, 11) is 0. The average molecular weight is 242 g/mol. The standard InChI is InChI=1S/C12H13F3N2/c1-8(6-16)7-17-11-5-10(12(13,14)15)4-3-9(11)2/h3-5,8,17H,7H2,1-2H3. The number of halogens is 3. The quantitative estimate of drug-likeness (QED) is 0.879. The Morgan fingerprint density at radius 3 is 2.59 bits per heavy atom. The molecule has 0 fully saturated rings. The van der Waals surface area contributed by atoms with Gasteiger partial charge in [-0.15, -0.1) is 0 Å². The third-order valence-corrected chi connectivity index (χ3v) is 2.38. The molecular weight excluding hydrogens is 229 g/mol. The zero-order valence-electron chi connectivity index (χ0n) is 9.60. The van der Waals surface area contributed by atoms with Crippen LogP contribution in [-0.2, 0) is 6.18 Å². The molecule has 0 radical (unpaired) electrons. The van der Waals surface area contributed by atoms with Crippen molar-refractivity contribution in [3.63, 3.8) is 0 Å². The first-order valence-corrected chi connectivity index (χ1v) is 5.16. The Balaban J connectivity index is 2.89. The molecule has 0 heterocycles. The van der Waals surface area contributed by atoms with Gasteiger partial charge in [0.05, 0.1) is 17.6 Å². The molecule has 5 heteroatoms. The van der Waals surface area contributed by atoms with E-state index in [9.17, 15) is 13.2 Å². The van der Waals surface area contributed by atoms with Gasteiger partial charge in [-0.05, 0) is 31.5 Å². The van der Waals surface area contributed by atoms with Crippen LogP contribution in [0.2, 0.25) is 0 Å². The van der Waals surface area contributed by atoms with Crippen molar-refractivity contribution in [2.24, 2.45) is 5.92 Å². The Kier molecular flexibility index (Phi) is 4.00. The van der Waals surface area contributed by atoms with Crippen LogP contribution in [0.1, 0.15) is 18.1 Å². The predicted molar refractivity (Wildman–Crippen MR) is 59.4 cm³/mol. The second kappa shape index (κ2) is 5.09. The maximum absolute atomic E-state index is 12.5. The SMILES string of the molecule is Cc1ccc(C(F)(F)F)cc1NCC(C)C#N. The van der Waals surface area contributed by atoms with Crippen LogP contribution in [0.25, 0.3) is 0 Å². The summed E-state index contributed by atoms with van der Waals surface area (Å²) in [4.78, 5) is 0. The number of aryl methyl sites for hydroxylation is 1. The van der Waals surface area contributed by atoms with Crippen molar-refractivity contribution in [2.45, 2.75) is 20.0 Å². The van der Waals surface area contributed by atoms with Crippen LogP contribution >= 0.6 is 0 Å². The molecule has 17 heavy (non-hydrogen) atoms. The van der Waals surface area contributed by atoms with Crippen molar-refractivity contribution >= 4 is 5.69 Å². The van der Waals surface area contributed by atoms with E-state index in [2.05, 4.69) is 5.32 Å². The van der Waals surface area contributed by atoms with E-state index in [4.69, 9.17) is 5.26 Å². The van der Waals surface area contributed by atoms with Crippen molar-refractivity contribution in [1.29, 1.82) is 5.26 Å². The van der Waals surface area contributed by atoms with Crippen molar-refractivity contribution in [1.82, 2.24) is 0 Å². The molecule has 92 valence electrons. The molecule has 0 aliphatic carbocycles. The van der Waals surface area contributed by atoms with Crippen LogP contribution in [0.4, 0.5) is 18.9 Å². The van der Waals surface area contributed by atoms with Crippen LogP contribution in [-0.4, -0.2) is 6.54 Å². The van der Waals surface area contributed by atoms with E-state index in [0.717, 1.165) is 17.7 Å². The van der Waals surface area contributed by atoms with Crippen LogP contribution in [0.3, 0.4) is 0 Å². The lowest BCUT2D eigenvalue weighted by molar-refractivity contribution is -0.137. The lowest BCUT2D eigenvalue weighted by Crippen LogP contribution is -2.12. The highest BCUT2D eigenvalue weighted by molar-refractivity contribution is 5.53. The second-order valence-corrected chi connectivity index (χ2v) is 3.94. The van der Waals surface area contributed by atoms with Gasteiger partial charge in [-0.1, -0.05) is 6.07 Å². The molecule has 1 aromatic carbocycles. The Morgan fingerprint density at radius 2 is 2.06 bits per heavy atom. The van der Waals surface area contributed by atoms with Crippen LogP contribution < -0.4 is 5.32 Å². The molecule has 1 unspecified atom stereocenters. The van der Waals surface area contributed by atoms with E-state index in [-0.39, 0.29) is 5.92 Å². The first-order valence-electron chi connectivity index (χ1n) is 5.16. The zero-order valence-corrected chi connectivity index (χ0v) is 9.60. The zero-order chi connectivity index (χ0) is 13.1. The number of nitrogens with zero attached hydrogens (tertiary/aromatic N) is 1. The molecule has 1 N–H and O–H groups in total. The molecule has 0 bridgehead atoms. The summed E-state index contributed by atoms with van der Waals surface area (Å²) in [5, 5.41) is 11.4. The van der Waals surface area contributed by atoms with Gasteiger partial charge in [-0.2, -0.15) is 18.4 Å². The van der Waals surface area contributed by atoms with E-state index in [1.807, 2.05) is 6.07 Å². The van der Waals surface area contributed by atoms with Gasteiger partial charge in [0.1, 0.15) is 0 Å². The molecule has 1 aromatic rings. The highest BCUT2D eigenvalue weighted by Gasteiger charge is 2.30. The van der Waals surface area contributed by atoms with Gasteiger partial charge >= 0.3 is 6.18 Å². The Morgan fingerprint density at radius 1 is 1.41 bits per heavy atom. The third kappa shape index (κ3) is 3.66. The molecule has 2 nitrogen and oxygen atoms in total. The van der Waals surface area contributed by atoms with Gasteiger partial charge in [0.2, 0.25) is 0 Å². The number of rotatable bonds is 3. The summed E-state index contributed by atoms with van der Waals surface area (Å²) in [6.07, 6.45) is -4.34. The number of benzene rings is 1. The number of alkyl halides is 3. The average Bonchev–Trinajstić information content (AvgIpc) is 2.26. The van der Waals surface area contributed by atoms with E-state index < -0.39 is 11.7 Å². The molecule has 0 aliphatic rings. The van der Waals surface area contributed by atoms with Crippen molar-refractivity contribution < 1.29 is 13.2 Å². The molecule has 0 saturated carbocycles. The summed E-state index contributed by atoms with van der Waals surface area (Å²) < 4.78 is 37.5. The fourth-order valence-corrected chi connectivity index (χ4v) is 1.30. The van der Waals surface area contributed by atoms with Crippen molar-refractivity contribution in [3.05, 3.63) is 29.3 Å². The Hall–Kier alpha value is -1.70. The fraction of sp³-hybridized carbons (Fsp3) is 0.417. The minimum Gasteiger partial charge on any atom is -0.384 e. The van der Waals surface area contributed by atoms with Crippen LogP contribution in [0.15, 0.2) is 18.2 Å². The second-order valence-electron chi connectivity index (χ2n) is 3.94. The van der Waals surface area contributed by atoms with Gasteiger partial charge in [0.15, 0.2) is 0 Å². The number of anilines is 1. The highest BCUT2D eigenvalue weighted by atomic mass is 19.4. The predicted octanol–water partition coefficient (Wildman–Crippen LogP) is 3.59. The molecular formula is C12H13F3N2. The van der Waals surface area contributed by atoms with Gasteiger partial charge in [-0.25, -0.2) is 0 Å². The minimum absolute atomic E-state index is 0.246. The maximum atomic E-state index is 12.5. The number of hydrogen-bond donors (Lipinski definition) is 1. The molecule has 0 aromatic heterocycles. The van der Waals surface area contributed by atoms with Crippen LogP contribution in [0.5, 0.6) is 0 Å². The van der Waals surface area contributed by atoms with Crippen molar-refractivity contribution in [2.75, 3.05) is 11.9 Å². The Labute approximate surface area is 98.1 Å². The molecule has 0 aliphatic heterocycles. The van der Waals surface area contributed by atoms with Gasteiger partial charge in [0.25, 0.3) is 0 Å². The first kappa shape index (κ1) is 13.4. The fourth-order valence-electron chi connectivity index (χ4n) is 1.30. The summed E-state index contributed by atoms with van der Waals surface area (Å²) in [5.41, 5.74) is 0.459. The summed E-state index contributed by atoms with van der Waals surface area (Å²) in [6, 6.07) is 5.55. The molecule has 0 amide bonds. The third-order valence-electron chi connectivity index (χ3n) is 2.38. The number of hydrogen-bond acceptors (Lipinski definition) is 2. The lowest BCUT2D eigenvalue weighted by atomic mass is 10.1. The molecule has 1 rings (SSSR count). The Bertz CT molecular complexity index is 432. The van der Waals surface area contributed by atoms with E-state index in [0.29, 0.717) is 12.2 Å². The number of nitriles is 1. The largest absolute Gasteiger partial charge is 0.416 e. The van der Waals surface area contributed by atoms with E-state index in [1.165, 1.54) is 6.07 Å². The summed E-state index contributed by atoms with van der Waals surface area (Å²) in [6.45, 7) is 3.76. The van der Waals surface area contributed by atoms with E-state index >= 15 is 0 Å². The highest BCUT2D eigenvalue weighted by Crippen LogP contribution is 2.32. The first-order chi connectivity index (χ1) is 7.84. The summed E-state index contributed by atoms with van der Waals surface area (Å²) in [5.74, 6) is -0.246. The summed E-state index contributed by atoms with van der Waals surface area (Å²) >= 11 is 0. The van der Waals surface area contributed by atoms with Gasteiger partial charge in [0, 0.05) is 12.2 Å². The molecule has 0 saturated heterocycles.